The first-order valence-electron chi connectivity index (χ1n) is 17.3. The maximum Gasteiger partial charge on any atom is 0.246 e. The maximum absolute atomic E-state index is 13.1. The normalized spacial score (nSPS) is 13.2. The van der Waals surface area contributed by atoms with E-state index >= 15 is 0 Å². The Bertz CT molecular complexity index is 1930. The molecule has 8 nitrogen and oxygen atoms in total. The highest BCUT2D eigenvalue weighted by atomic mass is 35.5. The number of nitrogens with zero attached hydrogens (tertiary/aromatic N) is 3. The first-order valence-corrected chi connectivity index (χ1v) is 17.7. The molecule has 1 aromatic heterocycles. The van der Waals surface area contributed by atoms with Crippen molar-refractivity contribution in [1.82, 2.24) is 14.8 Å². The van der Waals surface area contributed by atoms with Crippen molar-refractivity contribution < 1.29 is 28.1 Å². The molecule has 0 saturated carbocycles. The molecule has 0 N–H and O–H groups in total. The monoisotopic (exact) mass is 721 g/mol. The summed E-state index contributed by atoms with van der Waals surface area (Å²) in [5.74, 6) is 2.66. The number of ether oxygens (including phenoxy) is 4. The largest absolute Gasteiger partial charge is 0.494 e. The van der Waals surface area contributed by atoms with Gasteiger partial charge in [-0.15, -0.1) is 0 Å². The van der Waals surface area contributed by atoms with Crippen molar-refractivity contribution in [2.75, 3.05) is 39.4 Å². The van der Waals surface area contributed by atoms with Crippen LogP contribution in [0.2, 0.25) is 5.02 Å². The van der Waals surface area contributed by atoms with Gasteiger partial charge in [0.2, 0.25) is 11.8 Å². The van der Waals surface area contributed by atoms with E-state index in [1.54, 1.807) is 54.7 Å². The van der Waals surface area contributed by atoms with E-state index in [9.17, 15) is 9.18 Å². The third-order valence-electron chi connectivity index (χ3n) is 8.51. The van der Waals surface area contributed by atoms with Crippen molar-refractivity contribution in [3.63, 3.8) is 0 Å². The highest BCUT2D eigenvalue weighted by Crippen LogP contribution is 2.30. The molecular weight excluding hydrogens is 681 g/mol. The first-order chi connectivity index (χ1) is 25.4. The second-order valence-corrected chi connectivity index (χ2v) is 12.7. The van der Waals surface area contributed by atoms with Crippen LogP contribution in [0.4, 0.5) is 4.39 Å². The first kappa shape index (κ1) is 36.4. The molecule has 6 rings (SSSR count). The molecule has 1 aliphatic heterocycles. The van der Waals surface area contributed by atoms with E-state index in [4.69, 9.17) is 30.5 Å². The Kier molecular flexibility index (Phi) is 12.8. The second kappa shape index (κ2) is 18.2. The molecule has 10 heteroatoms. The Morgan fingerprint density at radius 3 is 2.25 bits per heavy atom. The van der Waals surface area contributed by atoms with Crippen LogP contribution in [0.3, 0.4) is 0 Å². The predicted molar refractivity (Wildman–Crippen MR) is 201 cm³/mol. The number of halogens is 2. The van der Waals surface area contributed by atoms with Gasteiger partial charge in [-0.05, 0) is 77.7 Å². The van der Waals surface area contributed by atoms with Gasteiger partial charge in [0.25, 0.3) is 0 Å². The van der Waals surface area contributed by atoms with Gasteiger partial charge in [-0.25, -0.2) is 9.37 Å². The fourth-order valence-corrected chi connectivity index (χ4v) is 5.88. The van der Waals surface area contributed by atoms with Crippen molar-refractivity contribution in [1.29, 1.82) is 0 Å². The quantitative estimate of drug-likeness (QED) is 0.100. The standard InChI is InChI=1S/C42H41ClFN3O5/c1-2-49-36-4-3-5-37(27-36)50-25-20-31-6-8-33(9-7-31)29-46-21-23-47(24-22-46)42(48)19-13-32-12-17-40(39(43)26-32)52-41-18-16-38(28-45-41)51-30-34-10-14-35(44)15-11-34/h3-19,26-28H,2,20-25,29-30H2,1H3/b19-13+. The number of pyridine rings is 1. The zero-order valence-electron chi connectivity index (χ0n) is 29.0. The summed E-state index contributed by atoms with van der Waals surface area (Å²) in [6, 6.07) is 31.3. The number of hydrogen-bond acceptors (Lipinski definition) is 7. The molecule has 268 valence electrons. The summed E-state index contributed by atoms with van der Waals surface area (Å²) in [6.07, 6.45) is 5.73. The van der Waals surface area contributed by atoms with E-state index in [1.165, 1.54) is 23.3 Å². The smallest absolute Gasteiger partial charge is 0.246 e. The summed E-state index contributed by atoms with van der Waals surface area (Å²) in [6.45, 7) is 7.28. The predicted octanol–water partition coefficient (Wildman–Crippen LogP) is 8.62. The van der Waals surface area contributed by atoms with Crippen LogP contribution in [0, 0.1) is 5.82 Å². The van der Waals surface area contributed by atoms with Crippen LogP contribution in [0.25, 0.3) is 6.08 Å². The topological polar surface area (TPSA) is 73.4 Å². The third-order valence-corrected chi connectivity index (χ3v) is 8.80. The van der Waals surface area contributed by atoms with Gasteiger partial charge < -0.3 is 23.8 Å². The van der Waals surface area contributed by atoms with Crippen LogP contribution in [0.1, 0.15) is 29.2 Å². The van der Waals surface area contributed by atoms with E-state index in [0.717, 1.165) is 48.7 Å². The molecule has 0 spiro atoms. The fourth-order valence-electron chi connectivity index (χ4n) is 5.65. The number of rotatable bonds is 15. The minimum atomic E-state index is -0.289. The van der Waals surface area contributed by atoms with E-state index in [-0.39, 0.29) is 11.7 Å². The molecule has 1 saturated heterocycles. The minimum Gasteiger partial charge on any atom is -0.494 e. The lowest BCUT2D eigenvalue weighted by Crippen LogP contribution is -2.47. The second-order valence-electron chi connectivity index (χ2n) is 12.3. The molecule has 0 atom stereocenters. The Morgan fingerprint density at radius 1 is 0.808 bits per heavy atom. The molecule has 52 heavy (non-hydrogen) atoms. The number of carbonyl (C=O) groups is 1. The number of amides is 1. The van der Waals surface area contributed by atoms with Gasteiger partial charge in [-0.3, -0.25) is 9.69 Å². The lowest BCUT2D eigenvalue weighted by Gasteiger charge is -2.34. The SMILES string of the molecule is CCOc1cccc(OCCc2ccc(CN3CCN(C(=O)/C=C/c4ccc(Oc5ccc(OCc6ccc(F)cc6)cn5)c(Cl)c4)CC3)cc2)c1. The van der Waals surface area contributed by atoms with Gasteiger partial charge in [0.05, 0.1) is 24.4 Å². The number of aromatic nitrogens is 1. The van der Waals surface area contributed by atoms with E-state index in [0.29, 0.717) is 55.3 Å². The van der Waals surface area contributed by atoms with Gasteiger partial charge in [0.1, 0.15) is 35.4 Å². The Morgan fingerprint density at radius 2 is 1.54 bits per heavy atom. The van der Waals surface area contributed by atoms with Crippen LogP contribution in [0.5, 0.6) is 28.9 Å². The summed E-state index contributed by atoms with van der Waals surface area (Å²) in [4.78, 5) is 21.5. The van der Waals surface area contributed by atoms with Crippen LogP contribution in [-0.2, 0) is 24.4 Å². The summed E-state index contributed by atoms with van der Waals surface area (Å²) in [5, 5.41) is 0.395. The maximum atomic E-state index is 13.1. The average molecular weight is 722 g/mol. The van der Waals surface area contributed by atoms with Gasteiger partial charge in [-0.1, -0.05) is 60.1 Å². The van der Waals surface area contributed by atoms with Gasteiger partial charge in [0, 0.05) is 57.4 Å². The van der Waals surface area contributed by atoms with Crippen LogP contribution in [0.15, 0.2) is 115 Å². The lowest BCUT2D eigenvalue weighted by atomic mass is 10.1. The van der Waals surface area contributed by atoms with Crippen LogP contribution in [-0.4, -0.2) is 60.1 Å². The molecule has 0 aliphatic carbocycles. The molecular formula is C42H41ClFN3O5. The number of carbonyl (C=O) groups excluding carboxylic acids is 1. The molecule has 1 fully saturated rings. The van der Waals surface area contributed by atoms with Crippen molar-refractivity contribution in [3.8, 4) is 28.9 Å². The Labute approximate surface area is 309 Å². The molecule has 0 bridgehead atoms. The van der Waals surface area contributed by atoms with Gasteiger partial charge in [-0.2, -0.15) is 0 Å². The van der Waals surface area contributed by atoms with E-state index in [1.807, 2.05) is 42.2 Å². The molecule has 5 aromatic rings. The number of benzene rings is 4. The zero-order chi connectivity index (χ0) is 36.1. The van der Waals surface area contributed by atoms with E-state index in [2.05, 4.69) is 34.1 Å². The summed E-state index contributed by atoms with van der Waals surface area (Å²) < 4.78 is 36.1. The molecule has 0 unspecified atom stereocenters. The van der Waals surface area contributed by atoms with Gasteiger partial charge in [0.15, 0.2) is 0 Å². The molecule has 0 radical (unpaired) electrons. The minimum absolute atomic E-state index is 0.0294. The average Bonchev–Trinajstić information content (AvgIpc) is 3.16. The lowest BCUT2D eigenvalue weighted by molar-refractivity contribution is -0.127. The summed E-state index contributed by atoms with van der Waals surface area (Å²) in [5.41, 5.74) is 4.11. The summed E-state index contributed by atoms with van der Waals surface area (Å²) >= 11 is 6.51. The Hall–Kier alpha value is -5.38. The molecule has 1 amide bonds. The molecule has 1 aliphatic rings. The van der Waals surface area contributed by atoms with E-state index < -0.39 is 0 Å². The van der Waals surface area contributed by atoms with Crippen molar-refractivity contribution in [2.45, 2.75) is 26.5 Å². The molecule has 2 heterocycles. The zero-order valence-corrected chi connectivity index (χ0v) is 29.8. The third kappa shape index (κ3) is 10.8. The number of piperazine rings is 1. The Balaban J connectivity index is 0.904. The highest BCUT2D eigenvalue weighted by molar-refractivity contribution is 6.32. The van der Waals surface area contributed by atoms with Crippen molar-refractivity contribution in [3.05, 3.63) is 148 Å². The molecule has 4 aromatic carbocycles. The van der Waals surface area contributed by atoms with Crippen LogP contribution >= 0.6 is 11.6 Å². The van der Waals surface area contributed by atoms with Gasteiger partial charge >= 0.3 is 0 Å². The van der Waals surface area contributed by atoms with Crippen molar-refractivity contribution >= 4 is 23.6 Å². The van der Waals surface area contributed by atoms with Crippen molar-refractivity contribution in [2.24, 2.45) is 0 Å². The summed E-state index contributed by atoms with van der Waals surface area (Å²) in [7, 11) is 0. The highest BCUT2D eigenvalue weighted by Gasteiger charge is 2.20. The number of hydrogen-bond donors (Lipinski definition) is 0. The van der Waals surface area contributed by atoms with Crippen LogP contribution < -0.4 is 18.9 Å². The fraction of sp³-hybridized carbons (Fsp3) is 0.238.